The van der Waals surface area contributed by atoms with E-state index in [-0.39, 0.29) is 5.92 Å². The molecule has 0 N–H and O–H groups in total. The molecular weight excluding hydrogens is 448 g/mol. The smallest absolute Gasteiger partial charge is 0.112 e. The third kappa shape index (κ3) is 4.67. The number of anilines is 1. The van der Waals surface area contributed by atoms with Crippen LogP contribution >= 0.6 is 46.4 Å². The summed E-state index contributed by atoms with van der Waals surface area (Å²) in [6, 6.07) is 9.04. The lowest BCUT2D eigenvalue weighted by molar-refractivity contribution is 0.581. The predicted octanol–water partition coefficient (Wildman–Crippen LogP) is 8.23. The summed E-state index contributed by atoms with van der Waals surface area (Å²) >= 11 is 25.7. The van der Waals surface area contributed by atoms with Crippen LogP contribution in [0.2, 0.25) is 20.1 Å². The SMILES string of the molecule is CC[C@H]1CCCCN(c2c(Cl)cc(Cl)cc2Cl)C1=Nc1c(Cl)ccc(C#N)c1C. The standard InChI is InChI=1S/C22H21Cl4N3/c1-3-14-6-4-5-9-29(21-18(25)10-16(23)11-19(21)26)22(14)28-20-13(2)15(12-27)7-8-17(20)24/h7-8,10-11,14H,3-6,9H2,1-2H3/t14-/m0/s1. The largest absolute Gasteiger partial charge is 0.327 e. The molecule has 7 heteroatoms. The second-order valence-corrected chi connectivity index (χ2v) is 8.78. The zero-order valence-electron chi connectivity index (χ0n) is 16.3. The fourth-order valence-corrected chi connectivity index (χ4v) is 4.99. The second kappa shape index (κ2) is 9.58. The quantitative estimate of drug-likeness (QED) is 0.454. The molecule has 3 rings (SSSR count). The molecule has 2 aromatic carbocycles. The summed E-state index contributed by atoms with van der Waals surface area (Å²) < 4.78 is 0. The number of nitrogens with zero attached hydrogens (tertiary/aromatic N) is 3. The summed E-state index contributed by atoms with van der Waals surface area (Å²) in [5, 5.41) is 11.4. The Labute approximate surface area is 191 Å². The van der Waals surface area contributed by atoms with Crippen molar-refractivity contribution in [2.75, 3.05) is 11.4 Å². The van der Waals surface area contributed by atoms with Gasteiger partial charge in [-0.1, -0.05) is 59.7 Å². The van der Waals surface area contributed by atoms with Gasteiger partial charge in [0.2, 0.25) is 0 Å². The lowest BCUT2D eigenvalue weighted by Gasteiger charge is -2.30. The third-order valence-corrected chi connectivity index (χ3v) is 6.40. The fourth-order valence-electron chi connectivity index (χ4n) is 3.72. The van der Waals surface area contributed by atoms with Gasteiger partial charge in [0, 0.05) is 17.5 Å². The molecule has 1 atom stereocenters. The maximum atomic E-state index is 9.41. The molecule has 0 aliphatic carbocycles. The Bertz CT molecular complexity index is 971. The van der Waals surface area contributed by atoms with Crippen molar-refractivity contribution < 1.29 is 0 Å². The van der Waals surface area contributed by atoms with Gasteiger partial charge < -0.3 is 4.90 Å². The molecule has 0 unspecified atom stereocenters. The van der Waals surface area contributed by atoms with Gasteiger partial charge in [0.1, 0.15) is 5.84 Å². The van der Waals surface area contributed by atoms with Crippen LogP contribution in [-0.2, 0) is 0 Å². The molecule has 29 heavy (non-hydrogen) atoms. The summed E-state index contributed by atoms with van der Waals surface area (Å²) in [7, 11) is 0. The minimum Gasteiger partial charge on any atom is -0.327 e. The van der Waals surface area contributed by atoms with E-state index in [4.69, 9.17) is 51.4 Å². The molecule has 1 saturated heterocycles. The summed E-state index contributed by atoms with van der Waals surface area (Å²) in [6.45, 7) is 4.76. The van der Waals surface area contributed by atoms with E-state index in [1.807, 2.05) is 6.92 Å². The molecule has 0 radical (unpaired) electrons. The first kappa shape index (κ1) is 22.2. The Kier molecular flexibility index (Phi) is 7.35. The predicted molar refractivity (Wildman–Crippen MR) is 124 cm³/mol. The molecule has 1 aliphatic heterocycles. The molecule has 2 aromatic rings. The van der Waals surface area contributed by atoms with Gasteiger partial charge in [0.25, 0.3) is 0 Å². The maximum Gasteiger partial charge on any atom is 0.112 e. The van der Waals surface area contributed by atoms with Gasteiger partial charge in [-0.05, 0) is 56.0 Å². The first-order valence-electron chi connectivity index (χ1n) is 9.57. The van der Waals surface area contributed by atoms with E-state index in [0.717, 1.165) is 43.6 Å². The fraction of sp³-hybridized carbons (Fsp3) is 0.364. The van der Waals surface area contributed by atoms with E-state index in [1.165, 1.54) is 0 Å². The summed E-state index contributed by atoms with van der Waals surface area (Å²) in [5.41, 5.74) is 2.65. The highest BCUT2D eigenvalue weighted by Gasteiger charge is 2.28. The van der Waals surface area contributed by atoms with Crippen LogP contribution in [0.25, 0.3) is 0 Å². The van der Waals surface area contributed by atoms with Crippen molar-refractivity contribution in [3.63, 3.8) is 0 Å². The van der Waals surface area contributed by atoms with Crippen LogP contribution in [0, 0.1) is 24.2 Å². The molecule has 3 nitrogen and oxygen atoms in total. The van der Waals surface area contributed by atoms with E-state index < -0.39 is 0 Å². The van der Waals surface area contributed by atoms with Crippen molar-refractivity contribution in [3.8, 4) is 6.07 Å². The number of amidine groups is 1. The summed E-state index contributed by atoms with van der Waals surface area (Å²) in [4.78, 5) is 7.10. The molecule has 0 spiro atoms. The lowest BCUT2D eigenvalue weighted by atomic mass is 9.98. The van der Waals surface area contributed by atoms with E-state index in [2.05, 4.69) is 17.9 Å². The zero-order valence-corrected chi connectivity index (χ0v) is 19.3. The number of halogens is 4. The van der Waals surface area contributed by atoms with Gasteiger partial charge in [0.15, 0.2) is 0 Å². The maximum absolute atomic E-state index is 9.41. The molecule has 0 aromatic heterocycles. The van der Waals surface area contributed by atoms with E-state index >= 15 is 0 Å². The van der Waals surface area contributed by atoms with E-state index in [1.54, 1.807) is 24.3 Å². The van der Waals surface area contributed by atoms with Gasteiger partial charge in [-0.2, -0.15) is 5.26 Å². The molecular formula is C22H21Cl4N3. The summed E-state index contributed by atoms with van der Waals surface area (Å²) in [6.07, 6.45) is 4.02. The van der Waals surface area contributed by atoms with Gasteiger partial charge in [-0.15, -0.1) is 0 Å². The Morgan fingerprint density at radius 1 is 1.10 bits per heavy atom. The number of aliphatic imine (C=N–C) groups is 1. The zero-order chi connectivity index (χ0) is 21.1. The minimum absolute atomic E-state index is 0.224. The van der Waals surface area contributed by atoms with Crippen molar-refractivity contribution in [2.45, 2.75) is 39.5 Å². The van der Waals surface area contributed by atoms with Crippen LogP contribution in [0.1, 0.15) is 43.7 Å². The number of nitriles is 1. The molecule has 1 aliphatic rings. The minimum atomic E-state index is 0.224. The third-order valence-electron chi connectivity index (χ3n) is 5.30. The molecule has 0 amide bonds. The lowest BCUT2D eigenvalue weighted by Crippen LogP contribution is -2.35. The number of hydrogen-bond acceptors (Lipinski definition) is 2. The summed E-state index contributed by atoms with van der Waals surface area (Å²) in [5.74, 6) is 1.10. The normalized spacial score (nSPS) is 18.6. The topological polar surface area (TPSA) is 39.4 Å². The van der Waals surface area contributed by atoms with Crippen molar-refractivity contribution in [1.82, 2.24) is 0 Å². The average Bonchev–Trinajstić information content (AvgIpc) is 2.86. The highest BCUT2D eigenvalue weighted by molar-refractivity contribution is 6.42. The molecule has 1 fully saturated rings. The number of benzene rings is 2. The van der Waals surface area contributed by atoms with Gasteiger partial charge in [-0.3, -0.25) is 0 Å². The molecule has 0 saturated carbocycles. The number of rotatable bonds is 3. The Hall–Kier alpha value is -1.44. The van der Waals surface area contributed by atoms with E-state index in [0.29, 0.717) is 37.0 Å². The van der Waals surface area contributed by atoms with Crippen molar-refractivity contribution in [3.05, 3.63) is 55.5 Å². The van der Waals surface area contributed by atoms with Crippen molar-refractivity contribution in [2.24, 2.45) is 10.9 Å². The van der Waals surface area contributed by atoms with Crippen molar-refractivity contribution >= 4 is 63.6 Å². The molecule has 152 valence electrons. The van der Waals surface area contributed by atoms with Crippen LogP contribution in [0.5, 0.6) is 0 Å². The van der Waals surface area contributed by atoms with Gasteiger partial charge >= 0.3 is 0 Å². The highest BCUT2D eigenvalue weighted by atomic mass is 35.5. The molecule has 0 bridgehead atoms. The number of hydrogen-bond donors (Lipinski definition) is 0. The average molecular weight is 469 g/mol. The van der Waals surface area contributed by atoms with Crippen LogP contribution in [0.4, 0.5) is 11.4 Å². The van der Waals surface area contributed by atoms with Crippen molar-refractivity contribution in [1.29, 1.82) is 5.26 Å². The first-order valence-corrected chi connectivity index (χ1v) is 11.1. The Balaban J connectivity index is 2.24. The van der Waals surface area contributed by atoms with Crippen LogP contribution in [-0.4, -0.2) is 12.4 Å². The van der Waals surface area contributed by atoms with Crippen LogP contribution in [0.15, 0.2) is 29.3 Å². The highest BCUT2D eigenvalue weighted by Crippen LogP contribution is 2.41. The first-order chi connectivity index (χ1) is 13.9. The van der Waals surface area contributed by atoms with Crippen LogP contribution in [0.3, 0.4) is 0 Å². The van der Waals surface area contributed by atoms with E-state index in [9.17, 15) is 5.26 Å². The van der Waals surface area contributed by atoms with Gasteiger partial charge in [0.05, 0.1) is 38.1 Å². The van der Waals surface area contributed by atoms with Gasteiger partial charge in [-0.25, -0.2) is 4.99 Å². The Morgan fingerprint density at radius 2 is 1.79 bits per heavy atom. The second-order valence-electron chi connectivity index (χ2n) is 7.12. The molecule has 1 heterocycles. The van der Waals surface area contributed by atoms with Crippen LogP contribution < -0.4 is 4.90 Å². The monoisotopic (exact) mass is 467 g/mol. The Morgan fingerprint density at radius 3 is 2.41 bits per heavy atom.